The first-order valence-corrected chi connectivity index (χ1v) is 9.37. The molecule has 2 aromatic heterocycles. The van der Waals surface area contributed by atoms with Crippen molar-refractivity contribution < 1.29 is 4.79 Å². The topological polar surface area (TPSA) is 91.8 Å². The van der Waals surface area contributed by atoms with Crippen LogP contribution in [0.15, 0.2) is 61.1 Å². The van der Waals surface area contributed by atoms with E-state index in [1.165, 1.54) is 6.33 Å². The van der Waals surface area contributed by atoms with Crippen LogP contribution in [0.5, 0.6) is 0 Å². The number of carbonyl (C=O) groups is 1. The maximum Gasteiger partial charge on any atom is 0.244 e. The number of carbonyl (C=O) groups excluding carboxylic acids is 1. The van der Waals surface area contributed by atoms with E-state index in [2.05, 4.69) is 30.9 Å². The molecule has 0 radical (unpaired) electrons. The van der Waals surface area contributed by atoms with Gasteiger partial charge in [-0.25, -0.2) is 15.0 Å². The molecule has 1 amide bonds. The molecule has 0 unspecified atom stereocenters. The zero-order chi connectivity index (χ0) is 20.5. The Morgan fingerprint density at radius 1 is 0.966 bits per heavy atom. The molecule has 3 rings (SSSR count). The smallest absolute Gasteiger partial charge is 0.244 e. The molecule has 148 valence electrons. The van der Waals surface area contributed by atoms with Crippen LogP contribution in [0.1, 0.15) is 16.7 Å². The fourth-order valence-electron chi connectivity index (χ4n) is 2.63. The summed E-state index contributed by atoms with van der Waals surface area (Å²) < 4.78 is 0. The predicted molar refractivity (Wildman–Crippen MR) is 116 cm³/mol. The molecular weight excluding hydrogens is 364 g/mol. The molecule has 3 aromatic rings. The molecule has 0 aliphatic heterocycles. The van der Waals surface area contributed by atoms with E-state index in [-0.39, 0.29) is 5.91 Å². The molecule has 0 spiro atoms. The highest BCUT2D eigenvalue weighted by Gasteiger charge is 2.01. The van der Waals surface area contributed by atoms with Crippen LogP contribution < -0.4 is 16.0 Å². The van der Waals surface area contributed by atoms with Crippen molar-refractivity contribution in [3.63, 3.8) is 0 Å². The van der Waals surface area contributed by atoms with Gasteiger partial charge < -0.3 is 16.0 Å². The minimum Gasteiger partial charge on any atom is -0.368 e. The highest BCUT2D eigenvalue weighted by Crippen LogP contribution is 2.14. The maximum absolute atomic E-state index is 12.0. The first-order chi connectivity index (χ1) is 14.1. The Labute approximate surface area is 170 Å². The third kappa shape index (κ3) is 6.42. The first kappa shape index (κ1) is 20.0. The summed E-state index contributed by atoms with van der Waals surface area (Å²) in [6.45, 7) is 5.04. The van der Waals surface area contributed by atoms with Crippen molar-refractivity contribution >= 4 is 29.4 Å². The number of hydrogen-bond donors (Lipinski definition) is 3. The molecule has 0 atom stereocenters. The summed E-state index contributed by atoms with van der Waals surface area (Å²) in [6.07, 6.45) is 6.59. The lowest BCUT2D eigenvalue weighted by Gasteiger charge is -2.09. The number of benzene rings is 1. The summed E-state index contributed by atoms with van der Waals surface area (Å²) in [5.74, 6) is 1.90. The van der Waals surface area contributed by atoms with Crippen molar-refractivity contribution in [3.05, 3.63) is 77.8 Å². The van der Waals surface area contributed by atoms with Crippen molar-refractivity contribution in [2.75, 3.05) is 23.7 Å². The Kier molecular flexibility index (Phi) is 6.89. The number of anilines is 3. The van der Waals surface area contributed by atoms with Crippen LogP contribution in [0.2, 0.25) is 0 Å². The Balaban J connectivity index is 1.44. The van der Waals surface area contributed by atoms with E-state index < -0.39 is 0 Å². The molecule has 0 saturated heterocycles. The van der Waals surface area contributed by atoms with Gasteiger partial charge >= 0.3 is 0 Å². The van der Waals surface area contributed by atoms with Gasteiger partial charge in [0.2, 0.25) is 5.91 Å². The fourth-order valence-corrected chi connectivity index (χ4v) is 2.63. The van der Waals surface area contributed by atoms with Crippen molar-refractivity contribution in [2.24, 2.45) is 0 Å². The summed E-state index contributed by atoms with van der Waals surface area (Å²) in [7, 11) is 0. The van der Waals surface area contributed by atoms with Crippen LogP contribution in [0.4, 0.5) is 17.5 Å². The molecule has 0 aliphatic carbocycles. The van der Waals surface area contributed by atoms with E-state index in [1.54, 1.807) is 18.3 Å². The van der Waals surface area contributed by atoms with E-state index in [1.807, 2.05) is 56.3 Å². The molecule has 0 saturated carbocycles. The van der Waals surface area contributed by atoms with Gasteiger partial charge in [-0.1, -0.05) is 24.3 Å². The molecule has 0 bridgehead atoms. The fraction of sp³-hybridized carbons (Fsp3) is 0.182. The lowest BCUT2D eigenvalue weighted by atomic mass is 10.1. The highest BCUT2D eigenvalue weighted by atomic mass is 16.1. The monoisotopic (exact) mass is 388 g/mol. The first-order valence-electron chi connectivity index (χ1n) is 9.37. The molecule has 7 heteroatoms. The van der Waals surface area contributed by atoms with Crippen molar-refractivity contribution in [2.45, 2.75) is 13.8 Å². The summed E-state index contributed by atoms with van der Waals surface area (Å²) in [4.78, 5) is 24.6. The quantitative estimate of drug-likeness (QED) is 0.404. The number of rotatable bonds is 8. The third-order valence-electron chi connectivity index (χ3n) is 4.17. The minimum absolute atomic E-state index is 0.134. The Hall–Kier alpha value is -3.74. The predicted octanol–water partition coefficient (Wildman–Crippen LogP) is 3.47. The van der Waals surface area contributed by atoms with Gasteiger partial charge in [-0.05, 0) is 48.7 Å². The zero-order valence-electron chi connectivity index (χ0n) is 16.5. The second kappa shape index (κ2) is 9.98. The summed E-state index contributed by atoms with van der Waals surface area (Å²) in [6, 6.07) is 13.6. The number of aryl methyl sites for hydroxylation is 2. The second-order valence-corrected chi connectivity index (χ2v) is 6.54. The number of nitrogens with zero attached hydrogens (tertiary/aromatic N) is 3. The van der Waals surface area contributed by atoms with Gasteiger partial charge in [0.15, 0.2) is 0 Å². The van der Waals surface area contributed by atoms with Crippen LogP contribution in [0, 0.1) is 13.8 Å². The highest BCUT2D eigenvalue weighted by molar-refractivity contribution is 5.91. The standard InChI is InChI=1S/C22H24N6O/c1-16-9-10-23-20(13-16)28-21-14-19(26-15-27-21)24-11-12-25-22(29)8-7-18-6-4-3-5-17(18)2/h3-10,13-15H,11-12H2,1-2H3,(H,25,29)(H2,23,24,26,27,28)/b8-7+. The molecule has 2 heterocycles. The van der Waals surface area contributed by atoms with Crippen LogP contribution >= 0.6 is 0 Å². The number of amides is 1. The summed E-state index contributed by atoms with van der Waals surface area (Å²) in [5, 5.41) is 9.17. The molecule has 1 aromatic carbocycles. The van der Waals surface area contributed by atoms with Crippen molar-refractivity contribution in [1.29, 1.82) is 0 Å². The zero-order valence-corrected chi connectivity index (χ0v) is 16.5. The normalized spacial score (nSPS) is 10.7. The van der Waals surface area contributed by atoms with E-state index in [9.17, 15) is 4.79 Å². The Bertz CT molecular complexity index is 1000. The maximum atomic E-state index is 12.0. The van der Waals surface area contributed by atoms with Gasteiger partial charge in [0.1, 0.15) is 23.8 Å². The van der Waals surface area contributed by atoms with Crippen LogP contribution in [-0.2, 0) is 4.79 Å². The van der Waals surface area contributed by atoms with E-state index in [0.717, 1.165) is 22.5 Å². The van der Waals surface area contributed by atoms with E-state index in [4.69, 9.17) is 0 Å². The van der Waals surface area contributed by atoms with Crippen LogP contribution in [0.3, 0.4) is 0 Å². The largest absolute Gasteiger partial charge is 0.368 e. The SMILES string of the molecule is Cc1ccnc(Nc2cc(NCCNC(=O)/C=C/c3ccccc3C)ncn2)c1. The van der Waals surface area contributed by atoms with Gasteiger partial charge in [0.05, 0.1) is 0 Å². The van der Waals surface area contributed by atoms with Crippen LogP contribution in [-0.4, -0.2) is 33.9 Å². The van der Waals surface area contributed by atoms with Crippen molar-refractivity contribution in [1.82, 2.24) is 20.3 Å². The number of nitrogens with one attached hydrogen (secondary N) is 3. The summed E-state index contributed by atoms with van der Waals surface area (Å²) in [5.41, 5.74) is 3.28. The van der Waals surface area contributed by atoms with Crippen molar-refractivity contribution in [3.8, 4) is 0 Å². The van der Waals surface area contributed by atoms with Gasteiger partial charge in [-0.15, -0.1) is 0 Å². The molecule has 29 heavy (non-hydrogen) atoms. The second-order valence-electron chi connectivity index (χ2n) is 6.54. The molecular formula is C22H24N6O. The number of hydrogen-bond acceptors (Lipinski definition) is 6. The van der Waals surface area contributed by atoms with Gasteiger partial charge in [0, 0.05) is 31.4 Å². The minimum atomic E-state index is -0.134. The number of aromatic nitrogens is 3. The van der Waals surface area contributed by atoms with Crippen LogP contribution in [0.25, 0.3) is 6.08 Å². The van der Waals surface area contributed by atoms with E-state index in [0.29, 0.717) is 24.7 Å². The third-order valence-corrected chi connectivity index (χ3v) is 4.17. The molecule has 3 N–H and O–H groups in total. The molecule has 0 aliphatic rings. The van der Waals surface area contributed by atoms with Gasteiger partial charge in [-0.2, -0.15) is 0 Å². The Morgan fingerprint density at radius 2 is 1.76 bits per heavy atom. The number of pyridine rings is 1. The Morgan fingerprint density at radius 3 is 2.59 bits per heavy atom. The average molecular weight is 388 g/mol. The molecule has 0 fully saturated rings. The lowest BCUT2D eigenvalue weighted by molar-refractivity contribution is -0.116. The lowest BCUT2D eigenvalue weighted by Crippen LogP contribution is -2.27. The summed E-state index contributed by atoms with van der Waals surface area (Å²) >= 11 is 0. The van der Waals surface area contributed by atoms with Gasteiger partial charge in [-0.3, -0.25) is 4.79 Å². The molecule has 7 nitrogen and oxygen atoms in total. The van der Waals surface area contributed by atoms with E-state index >= 15 is 0 Å². The van der Waals surface area contributed by atoms with Gasteiger partial charge in [0.25, 0.3) is 0 Å². The average Bonchev–Trinajstić information content (AvgIpc) is 2.71.